The Bertz CT molecular complexity index is 1430. The summed E-state index contributed by atoms with van der Waals surface area (Å²) in [5.41, 5.74) is 2.76. The normalized spacial score (nSPS) is 14.5. The largest absolute Gasteiger partial charge is 0.364 e. The number of carbonyl (C=O) groups is 1. The van der Waals surface area contributed by atoms with Crippen LogP contribution < -0.4 is 15.5 Å². The summed E-state index contributed by atoms with van der Waals surface area (Å²) >= 11 is 0. The number of fused-ring (bicyclic) bond motifs is 1. The molecule has 0 spiro atoms. The van der Waals surface area contributed by atoms with E-state index in [1.54, 1.807) is 24.7 Å². The monoisotopic (exact) mass is 497 g/mol. The van der Waals surface area contributed by atoms with Gasteiger partial charge in [0.1, 0.15) is 11.6 Å². The molecule has 5 rings (SSSR count). The van der Waals surface area contributed by atoms with Gasteiger partial charge in [-0.1, -0.05) is 6.07 Å². The number of carbonyl (C=O) groups excluding carboxylic acids is 1. The van der Waals surface area contributed by atoms with Crippen molar-refractivity contribution in [3.05, 3.63) is 60.6 Å². The minimum absolute atomic E-state index is 0.126. The van der Waals surface area contributed by atoms with Crippen LogP contribution in [0.1, 0.15) is 31.1 Å². The Labute approximate surface area is 216 Å². The van der Waals surface area contributed by atoms with E-state index in [1.165, 1.54) is 0 Å². The number of aromatic nitrogens is 5. The Morgan fingerprint density at radius 2 is 1.76 bits per heavy atom. The van der Waals surface area contributed by atoms with Crippen molar-refractivity contribution in [3.63, 3.8) is 0 Å². The lowest BCUT2D eigenvalue weighted by Gasteiger charge is -2.33. The van der Waals surface area contributed by atoms with E-state index in [2.05, 4.69) is 68.4 Å². The first-order chi connectivity index (χ1) is 17.7. The molecule has 0 aliphatic carbocycles. The first-order valence-electron chi connectivity index (χ1n) is 12.3. The molecule has 1 aromatic carbocycles. The van der Waals surface area contributed by atoms with E-state index in [1.807, 2.05) is 30.3 Å². The van der Waals surface area contributed by atoms with Crippen LogP contribution in [0.5, 0.6) is 0 Å². The van der Waals surface area contributed by atoms with Crippen LogP contribution in [0.3, 0.4) is 0 Å². The Hall–Kier alpha value is -4.18. The summed E-state index contributed by atoms with van der Waals surface area (Å²) in [6.45, 7) is 9.92. The first-order valence-corrected chi connectivity index (χ1v) is 12.3. The maximum atomic E-state index is 13.0. The zero-order chi connectivity index (χ0) is 26.0. The fraction of sp³-hybridized carbons (Fsp3) is 0.333. The summed E-state index contributed by atoms with van der Waals surface area (Å²) in [7, 11) is 2.11. The number of piperazine rings is 1. The lowest BCUT2D eigenvalue weighted by molar-refractivity contribution is 0.102. The first kappa shape index (κ1) is 24.5. The molecular weight excluding hydrogens is 466 g/mol. The van der Waals surface area contributed by atoms with Crippen molar-refractivity contribution >= 4 is 34.3 Å². The molecule has 1 saturated heterocycles. The van der Waals surface area contributed by atoms with Crippen molar-refractivity contribution in [1.29, 1.82) is 0 Å². The van der Waals surface area contributed by atoms with Gasteiger partial charge in [-0.15, -0.1) is 10.2 Å². The van der Waals surface area contributed by atoms with Crippen molar-refractivity contribution in [2.75, 3.05) is 48.8 Å². The van der Waals surface area contributed by atoms with E-state index < -0.39 is 0 Å². The molecule has 0 unspecified atom stereocenters. The average Bonchev–Trinajstić information content (AvgIpc) is 2.88. The van der Waals surface area contributed by atoms with Crippen LogP contribution in [-0.2, 0) is 0 Å². The van der Waals surface area contributed by atoms with Crippen molar-refractivity contribution in [2.24, 2.45) is 0 Å². The third-order valence-electron chi connectivity index (χ3n) is 6.10. The van der Waals surface area contributed by atoms with Gasteiger partial charge in [0.25, 0.3) is 5.91 Å². The molecule has 10 heteroatoms. The van der Waals surface area contributed by atoms with Crippen molar-refractivity contribution in [3.8, 4) is 11.3 Å². The van der Waals surface area contributed by atoms with Gasteiger partial charge in [-0.25, -0.2) is 9.97 Å². The van der Waals surface area contributed by atoms with E-state index in [9.17, 15) is 4.79 Å². The number of hydrogen-bond donors (Lipinski definition) is 2. The zero-order valence-corrected chi connectivity index (χ0v) is 21.6. The van der Waals surface area contributed by atoms with Crippen LogP contribution in [0.4, 0.5) is 17.5 Å². The molecule has 0 saturated carbocycles. The number of rotatable bonds is 5. The number of hydrogen-bond acceptors (Lipinski definition) is 9. The van der Waals surface area contributed by atoms with Gasteiger partial charge < -0.3 is 20.4 Å². The summed E-state index contributed by atoms with van der Waals surface area (Å²) in [6.07, 6.45) is 5.11. The van der Waals surface area contributed by atoms with Crippen LogP contribution in [0, 0.1) is 0 Å². The summed E-state index contributed by atoms with van der Waals surface area (Å²) < 4.78 is 0. The van der Waals surface area contributed by atoms with E-state index in [-0.39, 0.29) is 11.4 Å². The quantitative estimate of drug-likeness (QED) is 0.426. The lowest BCUT2D eigenvalue weighted by atomic mass is 10.1. The third kappa shape index (κ3) is 5.97. The number of anilines is 3. The van der Waals surface area contributed by atoms with E-state index >= 15 is 0 Å². The van der Waals surface area contributed by atoms with Crippen LogP contribution in [-0.4, -0.2) is 74.7 Å². The second-order valence-electron chi connectivity index (χ2n) is 10.3. The smallest absolute Gasteiger partial charge is 0.257 e. The molecule has 37 heavy (non-hydrogen) atoms. The number of nitrogens with zero attached hydrogens (tertiary/aromatic N) is 7. The SMILES string of the molecule is CN1CCN(c2cc(C(=O)Nc3cc4cc(-c5cncc(NC(C)(C)C)n5)ccc4nn3)ccn2)CC1. The van der Waals surface area contributed by atoms with Crippen LogP contribution >= 0.6 is 0 Å². The maximum absolute atomic E-state index is 13.0. The number of likely N-dealkylation sites (N-methyl/N-ethyl adjacent to an activating group) is 1. The molecular formula is C27H31N9O. The molecule has 190 valence electrons. The number of pyridine rings is 1. The number of nitrogens with one attached hydrogen (secondary N) is 2. The Morgan fingerprint density at radius 3 is 2.54 bits per heavy atom. The highest BCUT2D eigenvalue weighted by molar-refractivity contribution is 6.04. The van der Waals surface area contributed by atoms with Gasteiger partial charge >= 0.3 is 0 Å². The Kier molecular flexibility index (Phi) is 6.66. The molecule has 0 bridgehead atoms. The van der Waals surface area contributed by atoms with E-state index in [0.29, 0.717) is 17.2 Å². The fourth-order valence-electron chi connectivity index (χ4n) is 4.17. The average molecular weight is 498 g/mol. The molecule has 1 aliphatic heterocycles. The summed E-state index contributed by atoms with van der Waals surface area (Å²) in [5, 5.41) is 15.6. The lowest BCUT2D eigenvalue weighted by Crippen LogP contribution is -2.44. The molecule has 0 atom stereocenters. The van der Waals surface area contributed by atoms with Crippen molar-refractivity contribution in [1.82, 2.24) is 30.0 Å². The summed E-state index contributed by atoms with van der Waals surface area (Å²) in [5.74, 6) is 1.63. The molecule has 3 aromatic heterocycles. The fourth-order valence-corrected chi connectivity index (χ4v) is 4.17. The Balaban J connectivity index is 1.35. The van der Waals surface area contributed by atoms with Crippen molar-refractivity contribution < 1.29 is 4.79 Å². The van der Waals surface area contributed by atoms with Gasteiger partial charge in [0.15, 0.2) is 5.82 Å². The highest BCUT2D eigenvalue weighted by Gasteiger charge is 2.17. The predicted molar refractivity (Wildman–Crippen MR) is 146 cm³/mol. The van der Waals surface area contributed by atoms with E-state index in [0.717, 1.165) is 54.2 Å². The minimum atomic E-state index is -0.255. The zero-order valence-electron chi connectivity index (χ0n) is 21.6. The highest BCUT2D eigenvalue weighted by Crippen LogP contribution is 2.24. The Morgan fingerprint density at radius 1 is 0.946 bits per heavy atom. The summed E-state index contributed by atoms with van der Waals surface area (Å²) in [4.78, 5) is 31.0. The predicted octanol–water partition coefficient (Wildman–Crippen LogP) is 3.70. The van der Waals surface area contributed by atoms with E-state index in [4.69, 9.17) is 4.98 Å². The van der Waals surface area contributed by atoms with Gasteiger partial charge in [0.2, 0.25) is 0 Å². The third-order valence-corrected chi connectivity index (χ3v) is 6.10. The van der Waals surface area contributed by atoms with Gasteiger partial charge in [0.05, 0.1) is 23.6 Å². The standard InChI is InChI=1S/C27H31N9O/c1-27(2,3)32-24-17-28-16-22(30-24)18-5-6-21-20(13-18)14-23(34-33-21)31-26(37)19-7-8-29-25(15-19)36-11-9-35(4)10-12-36/h5-8,13-17H,9-12H2,1-4H3,(H,30,32)(H,31,34,37). The molecule has 4 heterocycles. The highest BCUT2D eigenvalue weighted by atomic mass is 16.1. The topological polar surface area (TPSA) is 112 Å². The molecule has 4 aromatic rings. The molecule has 1 aliphatic rings. The second-order valence-corrected chi connectivity index (χ2v) is 10.3. The second kappa shape index (κ2) is 10.1. The molecule has 2 N–H and O–H groups in total. The van der Waals surface area contributed by atoms with Gasteiger partial charge in [-0.3, -0.25) is 9.78 Å². The van der Waals surface area contributed by atoms with Gasteiger partial charge in [0, 0.05) is 54.4 Å². The van der Waals surface area contributed by atoms with Crippen LogP contribution in [0.15, 0.2) is 55.0 Å². The molecule has 1 fully saturated rings. The molecule has 10 nitrogen and oxygen atoms in total. The van der Waals surface area contributed by atoms with Gasteiger partial charge in [-0.05, 0) is 58.2 Å². The maximum Gasteiger partial charge on any atom is 0.257 e. The van der Waals surface area contributed by atoms with Crippen LogP contribution in [0.2, 0.25) is 0 Å². The summed E-state index contributed by atoms with van der Waals surface area (Å²) in [6, 6.07) is 11.2. The molecule has 1 amide bonds. The number of amides is 1. The van der Waals surface area contributed by atoms with Crippen molar-refractivity contribution in [2.45, 2.75) is 26.3 Å². The molecule has 0 radical (unpaired) electrons. The minimum Gasteiger partial charge on any atom is -0.364 e. The number of benzene rings is 1. The van der Waals surface area contributed by atoms with Crippen LogP contribution in [0.25, 0.3) is 22.2 Å². The van der Waals surface area contributed by atoms with Gasteiger partial charge in [-0.2, -0.15) is 0 Å².